The second-order valence-corrected chi connectivity index (χ2v) is 4.51. The number of nitrogens with one attached hydrogen (secondary N) is 1. The highest BCUT2D eigenvalue weighted by atomic mass is 16.4. The molecular weight excluding hydrogens is 234 g/mol. The molecule has 0 saturated heterocycles. The predicted molar refractivity (Wildman–Crippen MR) is 66.5 cm³/mol. The van der Waals surface area contributed by atoms with Gasteiger partial charge in [0.05, 0.1) is 5.56 Å². The van der Waals surface area contributed by atoms with Crippen LogP contribution in [0.15, 0.2) is 24.3 Å². The van der Waals surface area contributed by atoms with Crippen molar-refractivity contribution in [1.82, 2.24) is 5.32 Å². The first-order valence-corrected chi connectivity index (χ1v) is 5.73. The average Bonchev–Trinajstić information content (AvgIpc) is 2.27. The van der Waals surface area contributed by atoms with Crippen LogP contribution in [0, 0.1) is 5.92 Å². The maximum absolute atomic E-state index is 11.8. The first-order valence-electron chi connectivity index (χ1n) is 5.73. The van der Waals surface area contributed by atoms with Crippen LogP contribution in [0.5, 0.6) is 5.75 Å². The van der Waals surface area contributed by atoms with Crippen molar-refractivity contribution in [3.05, 3.63) is 29.8 Å². The van der Waals surface area contributed by atoms with Crippen LogP contribution in [-0.4, -0.2) is 28.1 Å². The van der Waals surface area contributed by atoms with Crippen molar-refractivity contribution in [1.29, 1.82) is 0 Å². The first-order chi connectivity index (χ1) is 8.41. The fourth-order valence-electron chi connectivity index (χ4n) is 1.59. The molecule has 1 aromatic rings. The van der Waals surface area contributed by atoms with E-state index in [0.29, 0.717) is 6.42 Å². The number of phenolic OH excluding ortho intramolecular Hbond substituents is 1. The number of carboxylic acid groups (broad SMARTS) is 1. The number of carbonyl (C=O) groups excluding carboxylic acids is 1. The molecule has 0 bridgehead atoms. The molecule has 0 aromatic heterocycles. The number of aliphatic carboxylic acids is 1. The summed E-state index contributed by atoms with van der Waals surface area (Å²) in [4.78, 5) is 22.8. The predicted octanol–water partition coefficient (Wildman–Crippen LogP) is 1.62. The van der Waals surface area contributed by atoms with E-state index in [0.717, 1.165) is 0 Å². The molecule has 5 nitrogen and oxygen atoms in total. The summed E-state index contributed by atoms with van der Waals surface area (Å²) in [5.41, 5.74) is 0.0764. The Morgan fingerprint density at radius 2 is 1.89 bits per heavy atom. The van der Waals surface area contributed by atoms with Gasteiger partial charge in [0.2, 0.25) is 0 Å². The van der Waals surface area contributed by atoms with E-state index in [2.05, 4.69) is 5.32 Å². The first kappa shape index (κ1) is 14.0. The molecule has 1 unspecified atom stereocenters. The van der Waals surface area contributed by atoms with Gasteiger partial charge in [0.1, 0.15) is 11.8 Å². The van der Waals surface area contributed by atoms with E-state index < -0.39 is 17.9 Å². The zero-order chi connectivity index (χ0) is 13.7. The minimum Gasteiger partial charge on any atom is -0.507 e. The number of benzene rings is 1. The van der Waals surface area contributed by atoms with Crippen LogP contribution in [0.1, 0.15) is 30.6 Å². The number of amides is 1. The fraction of sp³-hybridized carbons (Fsp3) is 0.385. The Morgan fingerprint density at radius 3 is 2.39 bits per heavy atom. The number of phenols is 1. The Morgan fingerprint density at radius 1 is 1.28 bits per heavy atom. The summed E-state index contributed by atoms with van der Waals surface area (Å²) in [6, 6.07) is 5.07. The van der Waals surface area contributed by atoms with Gasteiger partial charge >= 0.3 is 5.97 Å². The molecule has 0 fully saturated rings. The van der Waals surface area contributed by atoms with Crippen molar-refractivity contribution < 1.29 is 19.8 Å². The molecule has 0 aliphatic rings. The normalized spacial score (nSPS) is 12.2. The van der Waals surface area contributed by atoms with Crippen molar-refractivity contribution in [3.63, 3.8) is 0 Å². The Bertz CT molecular complexity index is 442. The monoisotopic (exact) mass is 251 g/mol. The van der Waals surface area contributed by atoms with E-state index in [9.17, 15) is 14.7 Å². The number of carbonyl (C=O) groups is 2. The molecular formula is C13H17NO4. The molecule has 1 atom stereocenters. The third-order valence-electron chi connectivity index (χ3n) is 2.46. The smallest absolute Gasteiger partial charge is 0.326 e. The van der Waals surface area contributed by atoms with Crippen LogP contribution in [-0.2, 0) is 4.79 Å². The van der Waals surface area contributed by atoms with Crippen molar-refractivity contribution >= 4 is 11.9 Å². The number of para-hydroxylation sites is 1. The van der Waals surface area contributed by atoms with Crippen LogP contribution in [0.2, 0.25) is 0 Å². The van der Waals surface area contributed by atoms with Crippen molar-refractivity contribution in [3.8, 4) is 5.75 Å². The Balaban J connectivity index is 2.79. The van der Waals surface area contributed by atoms with Gasteiger partial charge in [-0.25, -0.2) is 4.79 Å². The number of hydrogen-bond donors (Lipinski definition) is 3. The molecule has 5 heteroatoms. The topological polar surface area (TPSA) is 86.6 Å². The van der Waals surface area contributed by atoms with Crippen molar-refractivity contribution in [2.45, 2.75) is 26.3 Å². The number of rotatable bonds is 5. The summed E-state index contributed by atoms with van der Waals surface area (Å²) >= 11 is 0. The highest BCUT2D eigenvalue weighted by Gasteiger charge is 2.22. The van der Waals surface area contributed by atoms with Gasteiger partial charge in [-0.05, 0) is 24.5 Å². The molecule has 1 aromatic carbocycles. The van der Waals surface area contributed by atoms with Gasteiger partial charge in [-0.1, -0.05) is 26.0 Å². The second-order valence-electron chi connectivity index (χ2n) is 4.51. The lowest BCUT2D eigenvalue weighted by atomic mass is 10.0. The molecule has 0 heterocycles. The number of hydrogen-bond acceptors (Lipinski definition) is 3. The summed E-state index contributed by atoms with van der Waals surface area (Å²) in [5.74, 6) is -1.67. The van der Waals surface area contributed by atoms with Gasteiger partial charge < -0.3 is 15.5 Å². The molecule has 0 saturated carbocycles. The van der Waals surface area contributed by atoms with Gasteiger partial charge in [-0.2, -0.15) is 0 Å². The molecule has 0 aliphatic carbocycles. The maximum atomic E-state index is 11.8. The van der Waals surface area contributed by atoms with Crippen LogP contribution < -0.4 is 5.32 Å². The summed E-state index contributed by atoms with van der Waals surface area (Å²) < 4.78 is 0. The molecule has 3 N–H and O–H groups in total. The lowest BCUT2D eigenvalue weighted by molar-refractivity contribution is -0.139. The fourth-order valence-corrected chi connectivity index (χ4v) is 1.59. The molecule has 0 aliphatic heterocycles. The van der Waals surface area contributed by atoms with Crippen LogP contribution in [0.3, 0.4) is 0 Å². The zero-order valence-electron chi connectivity index (χ0n) is 10.4. The lowest BCUT2D eigenvalue weighted by Crippen LogP contribution is -2.41. The maximum Gasteiger partial charge on any atom is 0.326 e. The minimum absolute atomic E-state index is 0.0764. The Hall–Kier alpha value is -2.04. The van der Waals surface area contributed by atoms with Crippen LogP contribution in [0.25, 0.3) is 0 Å². The van der Waals surface area contributed by atoms with E-state index in [4.69, 9.17) is 5.11 Å². The number of aromatic hydroxyl groups is 1. The molecule has 1 amide bonds. The van der Waals surface area contributed by atoms with Crippen LogP contribution >= 0.6 is 0 Å². The zero-order valence-corrected chi connectivity index (χ0v) is 10.4. The third-order valence-corrected chi connectivity index (χ3v) is 2.46. The molecule has 18 heavy (non-hydrogen) atoms. The van der Waals surface area contributed by atoms with E-state index in [1.807, 2.05) is 13.8 Å². The molecule has 0 radical (unpaired) electrons. The summed E-state index contributed by atoms with van der Waals surface area (Å²) in [6.07, 6.45) is 0.342. The minimum atomic E-state index is -1.08. The van der Waals surface area contributed by atoms with Gasteiger partial charge in [0, 0.05) is 0 Å². The lowest BCUT2D eigenvalue weighted by Gasteiger charge is -2.16. The largest absolute Gasteiger partial charge is 0.507 e. The highest BCUT2D eigenvalue weighted by molar-refractivity contribution is 5.98. The highest BCUT2D eigenvalue weighted by Crippen LogP contribution is 2.16. The van der Waals surface area contributed by atoms with Crippen molar-refractivity contribution in [2.24, 2.45) is 5.92 Å². The van der Waals surface area contributed by atoms with Gasteiger partial charge in [-0.3, -0.25) is 4.79 Å². The van der Waals surface area contributed by atoms with E-state index >= 15 is 0 Å². The quantitative estimate of drug-likeness (QED) is 0.742. The Kier molecular flexibility index (Phi) is 4.71. The Labute approximate surface area is 105 Å². The molecule has 0 spiro atoms. The standard InChI is InChI=1S/C13H17NO4/c1-8(2)7-10(13(17)18)14-12(16)9-5-3-4-6-11(9)15/h3-6,8,10,15H,7H2,1-2H3,(H,14,16)(H,17,18). The van der Waals surface area contributed by atoms with E-state index in [1.54, 1.807) is 12.1 Å². The molecule has 1 rings (SSSR count). The summed E-state index contributed by atoms with van der Waals surface area (Å²) in [6.45, 7) is 3.75. The summed E-state index contributed by atoms with van der Waals surface area (Å²) in [5, 5.41) is 20.9. The van der Waals surface area contributed by atoms with Crippen molar-refractivity contribution in [2.75, 3.05) is 0 Å². The average molecular weight is 251 g/mol. The van der Waals surface area contributed by atoms with Gasteiger partial charge in [0.25, 0.3) is 5.91 Å². The van der Waals surface area contributed by atoms with Gasteiger partial charge in [0.15, 0.2) is 0 Å². The van der Waals surface area contributed by atoms with E-state index in [-0.39, 0.29) is 17.2 Å². The van der Waals surface area contributed by atoms with E-state index in [1.165, 1.54) is 12.1 Å². The van der Waals surface area contributed by atoms with Crippen LogP contribution in [0.4, 0.5) is 0 Å². The third kappa shape index (κ3) is 3.76. The molecule has 98 valence electrons. The van der Waals surface area contributed by atoms with Gasteiger partial charge in [-0.15, -0.1) is 0 Å². The second kappa shape index (κ2) is 6.05. The summed E-state index contributed by atoms with van der Waals surface area (Å²) in [7, 11) is 0. The number of carboxylic acids is 1. The SMILES string of the molecule is CC(C)CC(NC(=O)c1ccccc1O)C(=O)O.